The standard InChI is InChI=1S/C34H38FN9O/c1-34(2,3)15-30(45)39-25-12-22(16-36-17-25)20-6-7-28-26(13-20)32(43-42-28)33-40-29-19-37-18-27(31(29)41-33)21-10-23(35)14-24(11-21)38-8-9-44(4)5/h6-7,10-14,16-19,30,38-39,45H,8-9,15H2,1-5H3,(H,40,41)(H,42,43). The minimum atomic E-state index is -0.684. The molecule has 11 heteroatoms. The molecule has 232 valence electrons. The molecule has 2 aromatic carbocycles. The lowest BCUT2D eigenvalue weighted by atomic mass is 9.91. The number of halogens is 1. The van der Waals surface area contributed by atoms with Gasteiger partial charge in [0.15, 0.2) is 5.82 Å². The molecule has 0 aliphatic carbocycles. The smallest absolute Gasteiger partial charge is 0.159 e. The molecule has 5 N–H and O–H groups in total. The molecule has 6 aromatic rings. The zero-order valence-electron chi connectivity index (χ0n) is 26.1. The molecule has 0 fully saturated rings. The summed E-state index contributed by atoms with van der Waals surface area (Å²) < 4.78 is 14.7. The van der Waals surface area contributed by atoms with Crippen LogP contribution in [0.3, 0.4) is 0 Å². The first-order valence-corrected chi connectivity index (χ1v) is 14.9. The molecule has 0 amide bonds. The van der Waals surface area contributed by atoms with Crippen molar-refractivity contribution in [3.8, 4) is 33.8 Å². The molecular formula is C34H38FN9O. The molecule has 0 saturated carbocycles. The fraction of sp³-hybridized carbons (Fsp3) is 0.294. The summed E-state index contributed by atoms with van der Waals surface area (Å²) in [5.74, 6) is 0.234. The SMILES string of the molecule is CN(C)CCNc1cc(F)cc(-c2cncc3[nH]c(-c4n[nH]c5ccc(-c6cncc(NC(O)CC(C)(C)C)c6)cc45)nc23)c1. The first-order chi connectivity index (χ1) is 21.5. The molecule has 0 spiro atoms. The van der Waals surface area contributed by atoms with Crippen LogP contribution in [0.1, 0.15) is 27.2 Å². The van der Waals surface area contributed by atoms with Crippen molar-refractivity contribution in [2.24, 2.45) is 5.41 Å². The van der Waals surface area contributed by atoms with Crippen molar-refractivity contribution in [1.82, 2.24) is 35.0 Å². The molecular weight excluding hydrogens is 569 g/mol. The lowest BCUT2D eigenvalue weighted by Crippen LogP contribution is -2.25. The van der Waals surface area contributed by atoms with Gasteiger partial charge in [0.1, 0.15) is 17.7 Å². The Kier molecular flexibility index (Phi) is 8.22. The maximum absolute atomic E-state index is 14.7. The van der Waals surface area contributed by atoms with Crippen molar-refractivity contribution in [2.75, 3.05) is 37.8 Å². The van der Waals surface area contributed by atoms with E-state index < -0.39 is 6.23 Å². The molecule has 45 heavy (non-hydrogen) atoms. The van der Waals surface area contributed by atoms with Crippen molar-refractivity contribution < 1.29 is 9.50 Å². The van der Waals surface area contributed by atoms with Crippen LogP contribution in [0.25, 0.3) is 55.7 Å². The summed E-state index contributed by atoms with van der Waals surface area (Å²) in [5.41, 5.74) is 7.56. The molecule has 6 rings (SSSR count). The number of hydrogen-bond acceptors (Lipinski definition) is 8. The zero-order chi connectivity index (χ0) is 31.7. The van der Waals surface area contributed by atoms with Crippen LogP contribution in [0.15, 0.2) is 67.3 Å². The van der Waals surface area contributed by atoms with Crippen LogP contribution < -0.4 is 10.6 Å². The van der Waals surface area contributed by atoms with E-state index in [1.807, 2.05) is 44.4 Å². The number of fused-ring (bicyclic) bond motifs is 2. The van der Waals surface area contributed by atoms with Crippen molar-refractivity contribution in [3.63, 3.8) is 0 Å². The first kappa shape index (κ1) is 30.2. The van der Waals surface area contributed by atoms with Crippen molar-refractivity contribution in [3.05, 3.63) is 73.1 Å². The minimum absolute atomic E-state index is 0.0170. The number of imidazole rings is 1. The van der Waals surface area contributed by atoms with Gasteiger partial charge in [-0.3, -0.25) is 15.1 Å². The molecule has 4 aromatic heterocycles. The summed E-state index contributed by atoms with van der Waals surface area (Å²) in [5, 5.41) is 25.6. The number of aromatic nitrogens is 6. The van der Waals surface area contributed by atoms with Gasteiger partial charge in [-0.15, -0.1) is 0 Å². The van der Waals surface area contributed by atoms with E-state index in [9.17, 15) is 9.50 Å². The molecule has 0 aliphatic heterocycles. The third-order valence-electron chi connectivity index (χ3n) is 7.49. The Hall–Kier alpha value is -4.87. The summed E-state index contributed by atoms with van der Waals surface area (Å²) in [6.45, 7) is 7.78. The van der Waals surface area contributed by atoms with E-state index in [1.54, 1.807) is 24.8 Å². The zero-order valence-corrected chi connectivity index (χ0v) is 26.1. The lowest BCUT2D eigenvalue weighted by molar-refractivity contribution is 0.145. The highest BCUT2D eigenvalue weighted by Gasteiger charge is 2.19. The molecule has 0 aliphatic rings. The Morgan fingerprint density at radius 1 is 0.911 bits per heavy atom. The molecule has 4 heterocycles. The van der Waals surface area contributed by atoms with E-state index >= 15 is 0 Å². The van der Waals surface area contributed by atoms with Crippen LogP contribution in [0.5, 0.6) is 0 Å². The highest BCUT2D eigenvalue weighted by Crippen LogP contribution is 2.34. The predicted octanol–water partition coefficient (Wildman–Crippen LogP) is 6.51. The van der Waals surface area contributed by atoms with Gasteiger partial charge < -0.3 is 25.6 Å². The third-order valence-corrected chi connectivity index (χ3v) is 7.49. The van der Waals surface area contributed by atoms with Gasteiger partial charge >= 0.3 is 0 Å². The van der Waals surface area contributed by atoms with E-state index in [2.05, 4.69) is 61.5 Å². The van der Waals surface area contributed by atoms with Gasteiger partial charge in [-0.1, -0.05) is 26.8 Å². The summed E-state index contributed by atoms with van der Waals surface area (Å²) in [6.07, 6.45) is 6.84. The summed E-state index contributed by atoms with van der Waals surface area (Å²) in [6, 6.07) is 12.9. The molecule has 0 saturated heterocycles. The van der Waals surface area contributed by atoms with E-state index in [4.69, 9.17) is 4.98 Å². The fourth-order valence-corrected chi connectivity index (χ4v) is 5.40. The number of aromatic amines is 2. The fourth-order valence-electron chi connectivity index (χ4n) is 5.40. The number of benzene rings is 2. The highest BCUT2D eigenvalue weighted by atomic mass is 19.1. The van der Waals surface area contributed by atoms with Gasteiger partial charge in [-0.05, 0) is 73.5 Å². The number of aliphatic hydroxyl groups is 1. The van der Waals surface area contributed by atoms with Crippen LogP contribution in [-0.4, -0.2) is 73.6 Å². The second-order valence-corrected chi connectivity index (χ2v) is 12.8. The number of likely N-dealkylation sites (N-methyl/N-ethyl adjacent to an activating group) is 1. The van der Waals surface area contributed by atoms with Crippen LogP contribution in [-0.2, 0) is 0 Å². The summed E-state index contributed by atoms with van der Waals surface area (Å²) in [4.78, 5) is 19.2. The maximum atomic E-state index is 14.7. The Labute approximate surface area is 261 Å². The maximum Gasteiger partial charge on any atom is 0.159 e. The average molecular weight is 608 g/mol. The second kappa shape index (κ2) is 12.3. The number of hydrogen-bond donors (Lipinski definition) is 5. The lowest BCUT2D eigenvalue weighted by Gasteiger charge is -2.23. The molecule has 0 bridgehead atoms. The van der Waals surface area contributed by atoms with E-state index in [1.165, 1.54) is 12.1 Å². The number of H-pyrrole nitrogens is 2. The van der Waals surface area contributed by atoms with Crippen LogP contribution in [0, 0.1) is 11.2 Å². The van der Waals surface area contributed by atoms with Gasteiger partial charge in [0.05, 0.1) is 34.6 Å². The van der Waals surface area contributed by atoms with Gasteiger partial charge in [0.25, 0.3) is 0 Å². The Bertz CT molecular complexity index is 1960. The number of nitrogens with zero attached hydrogens (tertiary/aromatic N) is 5. The number of rotatable bonds is 10. The first-order valence-electron chi connectivity index (χ1n) is 14.9. The second-order valence-electron chi connectivity index (χ2n) is 12.8. The molecule has 10 nitrogen and oxygen atoms in total. The summed E-state index contributed by atoms with van der Waals surface area (Å²) in [7, 11) is 4.00. The molecule has 0 radical (unpaired) electrons. The van der Waals surface area contributed by atoms with E-state index in [0.29, 0.717) is 41.3 Å². The van der Waals surface area contributed by atoms with E-state index in [-0.39, 0.29) is 11.2 Å². The third kappa shape index (κ3) is 6.95. The quantitative estimate of drug-likeness (QED) is 0.111. The largest absolute Gasteiger partial charge is 0.384 e. The van der Waals surface area contributed by atoms with Crippen LogP contribution >= 0.6 is 0 Å². The number of anilines is 2. The number of nitrogens with one attached hydrogen (secondary N) is 4. The Morgan fingerprint density at radius 2 is 1.71 bits per heavy atom. The Morgan fingerprint density at radius 3 is 2.51 bits per heavy atom. The van der Waals surface area contributed by atoms with Crippen LogP contribution in [0.2, 0.25) is 0 Å². The highest BCUT2D eigenvalue weighted by molar-refractivity contribution is 5.98. The molecule has 1 unspecified atom stereocenters. The van der Waals surface area contributed by atoms with Gasteiger partial charge in [-0.2, -0.15) is 5.10 Å². The van der Waals surface area contributed by atoms with Crippen LogP contribution in [0.4, 0.5) is 15.8 Å². The Balaban J connectivity index is 1.32. The van der Waals surface area contributed by atoms with Gasteiger partial charge in [-0.25, -0.2) is 9.37 Å². The van der Waals surface area contributed by atoms with Gasteiger partial charge in [0.2, 0.25) is 0 Å². The molecule has 1 atom stereocenters. The van der Waals surface area contributed by atoms with Crippen molar-refractivity contribution in [2.45, 2.75) is 33.4 Å². The summed E-state index contributed by atoms with van der Waals surface area (Å²) >= 11 is 0. The topological polar surface area (TPSA) is 131 Å². The number of pyridine rings is 2. The monoisotopic (exact) mass is 607 g/mol. The van der Waals surface area contributed by atoms with Gasteiger partial charge in [0, 0.05) is 47.7 Å². The minimum Gasteiger partial charge on any atom is -0.384 e. The van der Waals surface area contributed by atoms with E-state index in [0.717, 1.165) is 45.3 Å². The van der Waals surface area contributed by atoms with Crippen molar-refractivity contribution >= 4 is 33.3 Å². The number of aliphatic hydroxyl groups excluding tert-OH is 1. The predicted molar refractivity (Wildman–Crippen MR) is 178 cm³/mol. The average Bonchev–Trinajstić information content (AvgIpc) is 3.59. The normalized spacial score (nSPS) is 12.7. The van der Waals surface area contributed by atoms with Crippen molar-refractivity contribution in [1.29, 1.82) is 0 Å².